The van der Waals surface area contributed by atoms with Gasteiger partial charge in [0.2, 0.25) is 6.86 Å². The molecule has 6 heteroatoms. The van der Waals surface area contributed by atoms with Crippen LogP contribution < -0.4 is 9.64 Å². The van der Waals surface area contributed by atoms with Crippen LogP contribution in [0.2, 0.25) is 0 Å². The van der Waals surface area contributed by atoms with Crippen LogP contribution in [0.1, 0.15) is 45.4 Å². The van der Waals surface area contributed by atoms with Crippen molar-refractivity contribution in [1.82, 2.24) is 10.2 Å². The second kappa shape index (κ2) is 9.50. The first-order chi connectivity index (χ1) is 15.1. The van der Waals surface area contributed by atoms with E-state index >= 15 is 0 Å². The zero-order chi connectivity index (χ0) is 21.8. The Kier molecular flexibility index (Phi) is 6.54. The van der Waals surface area contributed by atoms with Crippen molar-refractivity contribution in [1.29, 1.82) is 0 Å². The number of anilines is 1. The van der Waals surface area contributed by atoms with Crippen LogP contribution in [0.5, 0.6) is 11.5 Å². The number of rotatable bonds is 6. The quantitative estimate of drug-likeness (QED) is 0.485. The van der Waals surface area contributed by atoms with Gasteiger partial charge in [0.25, 0.3) is 0 Å². The molecule has 1 aromatic heterocycles. The molecule has 0 bridgehead atoms. The van der Waals surface area contributed by atoms with Gasteiger partial charge in [0, 0.05) is 18.7 Å². The molecule has 1 heterocycles. The van der Waals surface area contributed by atoms with Crippen molar-refractivity contribution in [2.24, 2.45) is 5.92 Å². The largest absolute Gasteiger partial charge is 0.507 e. The average molecular weight is 424 g/mol. The maximum Gasteiger partial charge on any atom is 0.228 e. The molecule has 164 valence electrons. The highest BCUT2D eigenvalue weighted by atomic mass is 19.1. The van der Waals surface area contributed by atoms with Gasteiger partial charge in [0.05, 0.1) is 5.69 Å². The molecule has 0 unspecified atom stereocenters. The van der Waals surface area contributed by atoms with Gasteiger partial charge in [0.1, 0.15) is 11.5 Å². The second-order valence-electron chi connectivity index (χ2n) is 8.47. The number of phenols is 1. The maximum absolute atomic E-state index is 12.4. The molecule has 2 atom stereocenters. The summed E-state index contributed by atoms with van der Waals surface area (Å²) < 4.78 is 17.3. The van der Waals surface area contributed by atoms with Gasteiger partial charge in [-0.1, -0.05) is 38.7 Å². The van der Waals surface area contributed by atoms with Crippen molar-refractivity contribution in [3.8, 4) is 22.8 Å². The molecule has 0 saturated heterocycles. The Labute approximate surface area is 182 Å². The van der Waals surface area contributed by atoms with Crippen molar-refractivity contribution >= 4 is 16.6 Å². The first-order valence-electron chi connectivity index (χ1n) is 11.1. The van der Waals surface area contributed by atoms with Crippen LogP contribution >= 0.6 is 0 Å². The Balaban J connectivity index is 1.56. The highest BCUT2D eigenvalue weighted by molar-refractivity contribution is 5.90. The number of aromatic nitrogens is 2. The number of alkyl halides is 1. The van der Waals surface area contributed by atoms with Crippen LogP contribution in [-0.2, 0) is 0 Å². The molecular formula is C25H30FN3O2. The molecular weight excluding hydrogens is 393 g/mol. The van der Waals surface area contributed by atoms with E-state index in [0.717, 1.165) is 22.5 Å². The number of phenolic OH excluding ortho intramolecular Hbond substituents is 1. The molecule has 1 saturated carbocycles. The number of halogens is 1. The predicted molar refractivity (Wildman–Crippen MR) is 122 cm³/mol. The SMILES string of the molecule is CC[C@@H]1CCCC[C@H](N(C)c2ccc(-c3cc4ccc(OCF)cc4cc3O)nn2)C1. The molecule has 1 fully saturated rings. The second-order valence-corrected chi connectivity index (χ2v) is 8.47. The average Bonchev–Trinajstić information content (AvgIpc) is 3.04. The summed E-state index contributed by atoms with van der Waals surface area (Å²) in [6, 6.07) is 13.2. The smallest absolute Gasteiger partial charge is 0.228 e. The topological polar surface area (TPSA) is 58.5 Å². The standard InChI is InChI=1S/C25H30FN3O2/c1-3-17-6-4-5-7-20(12-17)29(2)25-11-10-23(27-28-25)22-14-18-8-9-21(31-16-26)13-19(18)15-24(22)30/h8-11,13-15,17,20,30H,3-7,12,16H2,1-2H3/t17-,20+/m1/s1. The number of ether oxygens (including phenoxy) is 1. The number of hydrogen-bond donors (Lipinski definition) is 1. The summed E-state index contributed by atoms with van der Waals surface area (Å²) in [5.41, 5.74) is 1.24. The molecule has 3 aromatic rings. The third-order valence-corrected chi connectivity index (χ3v) is 6.57. The highest BCUT2D eigenvalue weighted by Gasteiger charge is 2.23. The van der Waals surface area contributed by atoms with E-state index in [2.05, 4.69) is 29.1 Å². The van der Waals surface area contributed by atoms with Crippen LogP contribution in [0.4, 0.5) is 10.2 Å². The van der Waals surface area contributed by atoms with Crippen LogP contribution in [0, 0.1) is 5.92 Å². The van der Waals surface area contributed by atoms with Crippen LogP contribution in [0.25, 0.3) is 22.0 Å². The minimum Gasteiger partial charge on any atom is -0.507 e. The van der Waals surface area contributed by atoms with Crippen molar-refractivity contribution in [2.75, 3.05) is 18.8 Å². The molecule has 0 radical (unpaired) electrons. The first-order valence-corrected chi connectivity index (χ1v) is 11.1. The zero-order valence-corrected chi connectivity index (χ0v) is 18.2. The molecule has 1 aliphatic carbocycles. The van der Waals surface area contributed by atoms with Crippen LogP contribution in [0.3, 0.4) is 0 Å². The molecule has 0 aliphatic heterocycles. The normalized spacial score (nSPS) is 19.2. The Bertz CT molecular complexity index is 1030. The van der Waals surface area contributed by atoms with Gasteiger partial charge in [-0.2, -0.15) is 0 Å². The van der Waals surface area contributed by atoms with E-state index in [0.29, 0.717) is 23.0 Å². The molecule has 4 rings (SSSR count). The number of hydrogen-bond acceptors (Lipinski definition) is 5. The zero-order valence-electron chi connectivity index (χ0n) is 18.2. The van der Waals surface area contributed by atoms with E-state index in [4.69, 9.17) is 4.74 Å². The van der Waals surface area contributed by atoms with Gasteiger partial charge in [-0.05, 0) is 65.9 Å². The van der Waals surface area contributed by atoms with Crippen molar-refractivity contribution in [2.45, 2.75) is 51.5 Å². The van der Waals surface area contributed by atoms with Gasteiger partial charge >= 0.3 is 0 Å². The van der Waals surface area contributed by atoms with E-state index in [1.807, 2.05) is 24.3 Å². The number of aromatic hydroxyl groups is 1. The van der Waals surface area contributed by atoms with Gasteiger partial charge in [-0.25, -0.2) is 4.39 Å². The van der Waals surface area contributed by atoms with Crippen LogP contribution in [0.15, 0.2) is 42.5 Å². The van der Waals surface area contributed by atoms with Gasteiger partial charge < -0.3 is 14.7 Å². The molecule has 1 N–H and O–H groups in total. The summed E-state index contributed by atoms with van der Waals surface area (Å²) in [6.07, 6.45) is 7.54. The Morgan fingerprint density at radius 2 is 1.90 bits per heavy atom. The fraction of sp³-hybridized carbons (Fsp3) is 0.440. The predicted octanol–water partition coefficient (Wildman–Crippen LogP) is 6.10. The van der Waals surface area contributed by atoms with E-state index in [1.54, 1.807) is 18.2 Å². The number of nitrogens with zero attached hydrogens (tertiary/aromatic N) is 3. The summed E-state index contributed by atoms with van der Waals surface area (Å²) in [4.78, 5) is 2.26. The third kappa shape index (κ3) is 4.73. The molecule has 5 nitrogen and oxygen atoms in total. The molecule has 0 spiro atoms. The lowest BCUT2D eigenvalue weighted by Gasteiger charge is -2.29. The minimum atomic E-state index is -0.883. The molecule has 1 aliphatic rings. The summed E-state index contributed by atoms with van der Waals surface area (Å²) in [5, 5.41) is 21.1. The van der Waals surface area contributed by atoms with Crippen molar-refractivity contribution in [3.05, 3.63) is 42.5 Å². The molecule has 0 amide bonds. The summed E-state index contributed by atoms with van der Waals surface area (Å²) in [7, 11) is 2.11. The summed E-state index contributed by atoms with van der Waals surface area (Å²) in [5.74, 6) is 2.18. The van der Waals surface area contributed by atoms with E-state index < -0.39 is 6.86 Å². The fourth-order valence-corrected chi connectivity index (χ4v) is 4.62. The Morgan fingerprint density at radius 1 is 1.06 bits per heavy atom. The Hall–Kier alpha value is -2.89. The number of fused-ring (bicyclic) bond motifs is 1. The third-order valence-electron chi connectivity index (χ3n) is 6.57. The van der Waals surface area contributed by atoms with Crippen molar-refractivity contribution < 1.29 is 14.2 Å². The summed E-state index contributed by atoms with van der Waals surface area (Å²) in [6.45, 7) is 1.40. The van der Waals surface area contributed by atoms with Gasteiger partial charge in [-0.15, -0.1) is 10.2 Å². The van der Waals surface area contributed by atoms with E-state index in [1.165, 1.54) is 38.5 Å². The lowest BCUT2D eigenvalue weighted by Crippen LogP contribution is -2.33. The lowest BCUT2D eigenvalue weighted by atomic mass is 9.95. The monoisotopic (exact) mass is 423 g/mol. The van der Waals surface area contributed by atoms with E-state index in [-0.39, 0.29) is 5.75 Å². The van der Waals surface area contributed by atoms with Gasteiger partial charge in [-0.3, -0.25) is 0 Å². The van der Waals surface area contributed by atoms with Crippen LogP contribution in [-0.4, -0.2) is 35.3 Å². The molecule has 2 aromatic carbocycles. The highest BCUT2D eigenvalue weighted by Crippen LogP contribution is 2.35. The fourth-order valence-electron chi connectivity index (χ4n) is 4.62. The first kappa shape index (κ1) is 21.3. The Morgan fingerprint density at radius 3 is 2.65 bits per heavy atom. The summed E-state index contributed by atoms with van der Waals surface area (Å²) >= 11 is 0. The van der Waals surface area contributed by atoms with E-state index in [9.17, 15) is 9.50 Å². The minimum absolute atomic E-state index is 0.106. The lowest BCUT2D eigenvalue weighted by molar-refractivity contribution is 0.192. The van der Waals surface area contributed by atoms with Crippen molar-refractivity contribution in [3.63, 3.8) is 0 Å². The number of benzene rings is 2. The van der Waals surface area contributed by atoms with Gasteiger partial charge in [0.15, 0.2) is 5.82 Å². The maximum atomic E-state index is 12.4. The molecule has 31 heavy (non-hydrogen) atoms.